The van der Waals surface area contributed by atoms with Crippen LogP contribution in [-0.2, 0) is 11.3 Å². The molecule has 0 unspecified atom stereocenters. The number of hydrogen-bond donors (Lipinski definition) is 1. The van der Waals surface area contributed by atoms with Gasteiger partial charge >= 0.3 is 5.97 Å². The molecule has 0 fully saturated rings. The van der Waals surface area contributed by atoms with Crippen LogP contribution in [0.15, 0.2) is 12.4 Å². The smallest absolute Gasteiger partial charge is 0.374 e. The molecule has 1 heterocycles. The zero-order chi connectivity index (χ0) is 10.4. The van der Waals surface area contributed by atoms with E-state index in [-0.39, 0.29) is 5.97 Å². The van der Waals surface area contributed by atoms with Gasteiger partial charge in [0.1, 0.15) is 0 Å². The van der Waals surface area contributed by atoms with Gasteiger partial charge in [0.15, 0.2) is 0 Å². The minimum atomic E-state index is -0.380. The fourth-order valence-electron chi connectivity index (χ4n) is 1.14. The third-order valence-electron chi connectivity index (χ3n) is 1.78. The van der Waals surface area contributed by atoms with Crippen LogP contribution in [0.1, 0.15) is 24.0 Å². The summed E-state index contributed by atoms with van der Waals surface area (Å²) in [6.45, 7) is 3.43. The van der Waals surface area contributed by atoms with E-state index in [9.17, 15) is 4.79 Å². The maximum atomic E-state index is 11.4. The molecule has 1 aromatic rings. The Labute approximate surface area is 82.9 Å². The molecule has 0 bridgehead atoms. The van der Waals surface area contributed by atoms with Crippen molar-refractivity contribution < 1.29 is 9.53 Å². The van der Waals surface area contributed by atoms with Crippen molar-refractivity contribution in [1.29, 1.82) is 0 Å². The number of ether oxygens (including phenoxy) is 1. The Balaban J connectivity index is 2.66. The highest BCUT2D eigenvalue weighted by molar-refractivity contribution is 5.85. The Bertz CT molecular complexity index is 296. The molecule has 0 saturated heterocycles. The standard InChI is InChI=1S/C9H15N3O2/c1-2-14-9(13)8-11-5-7-12(8)6-3-4-10/h5,7H,2-4,6,10H2,1H3. The molecule has 0 aliphatic carbocycles. The molecule has 0 spiro atoms. The van der Waals surface area contributed by atoms with Crippen LogP contribution in [0, 0.1) is 0 Å². The number of imidazole rings is 1. The first-order valence-corrected chi connectivity index (χ1v) is 4.68. The molecular weight excluding hydrogens is 182 g/mol. The molecule has 0 aliphatic heterocycles. The average Bonchev–Trinajstić information content (AvgIpc) is 2.63. The summed E-state index contributed by atoms with van der Waals surface area (Å²) in [4.78, 5) is 15.3. The van der Waals surface area contributed by atoms with E-state index in [1.54, 1.807) is 23.9 Å². The maximum absolute atomic E-state index is 11.4. The third kappa shape index (κ3) is 2.56. The monoisotopic (exact) mass is 197 g/mol. The van der Waals surface area contributed by atoms with Crippen molar-refractivity contribution in [1.82, 2.24) is 9.55 Å². The van der Waals surface area contributed by atoms with Crippen molar-refractivity contribution in [3.63, 3.8) is 0 Å². The molecule has 2 N–H and O–H groups in total. The van der Waals surface area contributed by atoms with E-state index in [1.807, 2.05) is 0 Å². The summed E-state index contributed by atoms with van der Waals surface area (Å²) in [5.74, 6) is -0.0326. The summed E-state index contributed by atoms with van der Waals surface area (Å²) in [5, 5.41) is 0. The number of carbonyl (C=O) groups excluding carboxylic acids is 1. The number of aromatic nitrogens is 2. The zero-order valence-corrected chi connectivity index (χ0v) is 8.27. The molecule has 0 amide bonds. The fourth-order valence-corrected chi connectivity index (χ4v) is 1.14. The van der Waals surface area contributed by atoms with Gasteiger partial charge < -0.3 is 15.0 Å². The van der Waals surface area contributed by atoms with Gasteiger partial charge in [-0.05, 0) is 19.9 Å². The van der Waals surface area contributed by atoms with E-state index in [1.165, 1.54) is 0 Å². The van der Waals surface area contributed by atoms with Gasteiger partial charge in [0, 0.05) is 18.9 Å². The summed E-state index contributed by atoms with van der Waals surface area (Å²) < 4.78 is 6.61. The molecule has 5 nitrogen and oxygen atoms in total. The van der Waals surface area contributed by atoms with Crippen molar-refractivity contribution >= 4 is 5.97 Å². The van der Waals surface area contributed by atoms with Gasteiger partial charge in [-0.25, -0.2) is 9.78 Å². The van der Waals surface area contributed by atoms with Gasteiger partial charge in [0.05, 0.1) is 6.61 Å². The number of aryl methyl sites for hydroxylation is 1. The van der Waals surface area contributed by atoms with Gasteiger partial charge in [-0.2, -0.15) is 0 Å². The summed E-state index contributed by atoms with van der Waals surface area (Å²) in [7, 11) is 0. The highest BCUT2D eigenvalue weighted by atomic mass is 16.5. The molecule has 0 atom stereocenters. The van der Waals surface area contributed by atoms with E-state index < -0.39 is 0 Å². The number of hydrogen-bond acceptors (Lipinski definition) is 4. The van der Waals surface area contributed by atoms with E-state index in [0.29, 0.717) is 25.5 Å². The van der Waals surface area contributed by atoms with Gasteiger partial charge in [0.25, 0.3) is 0 Å². The molecule has 5 heteroatoms. The Hall–Kier alpha value is -1.36. The van der Waals surface area contributed by atoms with Crippen LogP contribution in [-0.4, -0.2) is 28.7 Å². The van der Waals surface area contributed by atoms with Crippen molar-refractivity contribution in [2.24, 2.45) is 5.73 Å². The molecule has 1 aromatic heterocycles. The molecule has 14 heavy (non-hydrogen) atoms. The van der Waals surface area contributed by atoms with Crippen molar-refractivity contribution in [3.05, 3.63) is 18.2 Å². The van der Waals surface area contributed by atoms with Gasteiger partial charge in [-0.3, -0.25) is 0 Å². The highest BCUT2D eigenvalue weighted by Gasteiger charge is 2.12. The van der Waals surface area contributed by atoms with Crippen molar-refractivity contribution in [2.75, 3.05) is 13.2 Å². The van der Waals surface area contributed by atoms with Crippen LogP contribution in [0.3, 0.4) is 0 Å². The number of rotatable bonds is 5. The molecule has 0 aliphatic rings. The summed E-state index contributed by atoms with van der Waals surface area (Å²) in [5.41, 5.74) is 5.38. The third-order valence-corrected chi connectivity index (χ3v) is 1.78. The highest BCUT2D eigenvalue weighted by Crippen LogP contribution is 2.01. The van der Waals surface area contributed by atoms with Crippen LogP contribution in [0.4, 0.5) is 0 Å². The van der Waals surface area contributed by atoms with Crippen LogP contribution in [0.25, 0.3) is 0 Å². The van der Waals surface area contributed by atoms with Crippen LogP contribution < -0.4 is 5.73 Å². The number of carbonyl (C=O) groups is 1. The quantitative estimate of drug-likeness (QED) is 0.694. The predicted octanol–water partition coefficient (Wildman–Crippen LogP) is 0.409. The summed E-state index contributed by atoms with van der Waals surface area (Å²) in [6, 6.07) is 0. The number of nitrogens with zero attached hydrogens (tertiary/aromatic N) is 2. The first-order chi connectivity index (χ1) is 6.79. The fraction of sp³-hybridized carbons (Fsp3) is 0.556. The SMILES string of the molecule is CCOC(=O)c1nccn1CCCN. The lowest BCUT2D eigenvalue weighted by Crippen LogP contribution is -2.14. The van der Waals surface area contributed by atoms with E-state index in [4.69, 9.17) is 10.5 Å². The van der Waals surface area contributed by atoms with Gasteiger partial charge in [-0.1, -0.05) is 0 Å². The Morgan fingerprint density at radius 2 is 2.50 bits per heavy atom. The molecular formula is C9H15N3O2. The Morgan fingerprint density at radius 1 is 1.71 bits per heavy atom. The topological polar surface area (TPSA) is 70.1 Å². The minimum Gasteiger partial charge on any atom is -0.460 e. The lowest BCUT2D eigenvalue weighted by molar-refractivity contribution is 0.0506. The number of nitrogens with two attached hydrogens (primary N) is 1. The first kappa shape index (κ1) is 10.7. The summed E-state index contributed by atoms with van der Waals surface area (Å²) >= 11 is 0. The zero-order valence-electron chi connectivity index (χ0n) is 8.27. The normalized spacial score (nSPS) is 10.1. The first-order valence-electron chi connectivity index (χ1n) is 4.68. The van der Waals surface area contributed by atoms with Gasteiger partial charge in [-0.15, -0.1) is 0 Å². The molecule has 1 rings (SSSR count). The minimum absolute atomic E-state index is 0.348. The molecule has 0 radical (unpaired) electrons. The van der Waals surface area contributed by atoms with E-state index >= 15 is 0 Å². The lowest BCUT2D eigenvalue weighted by atomic mass is 10.4. The Kier molecular flexibility index (Phi) is 4.12. The van der Waals surface area contributed by atoms with E-state index in [0.717, 1.165) is 6.42 Å². The van der Waals surface area contributed by atoms with E-state index in [2.05, 4.69) is 4.98 Å². The van der Waals surface area contributed by atoms with Gasteiger partial charge in [0.2, 0.25) is 5.82 Å². The maximum Gasteiger partial charge on any atom is 0.374 e. The lowest BCUT2D eigenvalue weighted by Gasteiger charge is -2.05. The predicted molar refractivity (Wildman–Crippen MR) is 51.9 cm³/mol. The largest absolute Gasteiger partial charge is 0.460 e. The van der Waals surface area contributed by atoms with Crippen LogP contribution >= 0.6 is 0 Å². The molecule has 0 saturated carbocycles. The number of esters is 1. The second-order valence-corrected chi connectivity index (χ2v) is 2.81. The Morgan fingerprint density at radius 3 is 3.14 bits per heavy atom. The second kappa shape index (κ2) is 5.39. The molecule has 78 valence electrons. The van der Waals surface area contributed by atoms with Crippen molar-refractivity contribution in [3.8, 4) is 0 Å². The average molecular weight is 197 g/mol. The summed E-state index contributed by atoms with van der Waals surface area (Å²) in [6.07, 6.45) is 4.16. The van der Waals surface area contributed by atoms with Crippen LogP contribution in [0.5, 0.6) is 0 Å². The molecule has 0 aromatic carbocycles. The van der Waals surface area contributed by atoms with Crippen LogP contribution in [0.2, 0.25) is 0 Å². The second-order valence-electron chi connectivity index (χ2n) is 2.81. The van der Waals surface area contributed by atoms with Crippen molar-refractivity contribution in [2.45, 2.75) is 19.9 Å².